The number of para-hydroxylation sites is 2. The van der Waals surface area contributed by atoms with E-state index >= 15 is 0 Å². The zero-order valence-corrected chi connectivity index (χ0v) is 30.2. The molecule has 6 aromatic rings. The molecule has 1 aliphatic heterocycles. The van der Waals surface area contributed by atoms with Gasteiger partial charge in [0.25, 0.3) is 0 Å². The summed E-state index contributed by atoms with van der Waals surface area (Å²) in [7, 11) is 0. The van der Waals surface area contributed by atoms with Crippen LogP contribution in [0.25, 0.3) is 28.2 Å². The zero-order chi connectivity index (χ0) is 35.2. The summed E-state index contributed by atoms with van der Waals surface area (Å²) in [5.41, 5.74) is 15.4. The third-order valence-corrected chi connectivity index (χ3v) is 11.3. The van der Waals surface area contributed by atoms with E-state index in [1.54, 1.807) is 0 Å². The molecule has 0 unspecified atom stereocenters. The lowest BCUT2D eigenvalue weighted by Crippen LogP contribution is -2.22. The summed E-state index contributed by atoms with van der Waals surface area (Å²) < 4.78 is 2.47. The van der Waals surface area contributed by atoms with E-state index < -0.39 is 0 Å². The van der Waals surface area contributed by atoms with Gasteiger partial charge in [-0.15, -0.1) is 0 Å². The van der Waals surface area contributed by atoms with E-state index in [9.17, 15) is 0 Å². The maximum absolute atomic E-state index is 3.81. The first kappa shape index (κ1) is 32.6. The Labute approximate surface area is 303 Å². The van der Waals surface area contributed by atoms with Crippen LogP contribution in [0.3, 0.4) is 0 Å². The Balaban J connectivity index is 1.02. The molecule has 8 rings (SSSR count). The number of benzene rings is 5. The number of fused-ring (bicyclic) bond motifs is 4. The molecule has 0 fully saturated rings. The Hall–Kier alpha value is -5.60. The Kier molecular flexibility index (Phi) is 8.27. The highest BCUT2D eigenvalue weighted by Gasteiger charge is 2.28. The first-order valence-electron chi connectivity index (χ1n) is 18.2. The second kappa shape index (κ2) is 12.9. The van der Waals surface area contributed by atoms with Crippen molar-refractivity contribution in [3.8, 4) is 5.69 Å². The number of rotatable bonds is 8. The average molecular weight is 663 g/mol. The molecule has 0 spiro atoms. The van der Waals surface area contributed by atoms with Gasteiger partial charge in [-0.25, -0.2) is 0 Å². The Morgan fingerprint density at radius 2 is 1.20 bits per heavy atom. The van der Waals surface area contributed by atoms with Gasteiger partial charge in [0.2, 0.25) is 0 Å². The summed E-state index contributed by atoms with van der Waals surface area (Å²) >= 11 is 0. The van der Waals surface area contributed by atoms with E-state index in [2.05, 4.69) is 189 Å². The molecule has 0 radical (unpaired) electrons. The van der Waals surface area contributed by atoms with Crippen molar-refractivity contribution in [3.63, 3.8) is 0 Å². The molecule has 1 aromatic heterocycles. The van der Waals surface area contributed by atoms with Gasteiger partial charge in [-0.3, -0.25) is 0 Å². The number of nitrogens with zero attached hydrogens (tertiary/aromatic N) is 2. The monoisotopic (exact) mass is 662 g/mol. The summed E-state index contributed by atoms with van der Waals surface area (Å²) in [6.45, 7) is 14.0. The highest BCUT2D eigenvalue weighted by Crippen LogP contribution is 2.42. The molecular weight excluding hydrogens is 617 g/mol. The lowest BCUT2D eigenvalue weighted by Gasteiger charge is -2.30. The van der Waals surface area contributed by atoms with Crippen molar-refractivity contribution in [1.82, 2.24) is 4.57 Å². The molecule has 0 saturated heterocycles. The van der Waals surface area contributed by atoms with E-state index in [-0.39, 0.29) is 10.8 Å². The first-order valence-corrected chi connectivity index (χ1v) is 18.2. The predicted octanol–water partition coefficient (Wildman–Crippen LogP) is 12.5. The summed E-state index contributed by atoms with van der Waals surface area (Å²) in [5, 5.41) is 1.34. The van der Waals surface area contributed by atoms with E-state index in [0.717, 1.165) is 19.4 Å². The molecule has 2 heteroatoms. The Morgan fingerprint density at radius 3 is 1.84 bits per heavy atom. The Bertz CT molecular complexity index is 2320. The summed E-state index contributed by atoms with van der Waals surface area (Å²) in [5.74, 6) is 0. The fourth-order valence-corrected chi connectivity index (χ4v) is 8.13. The first-order chi connectivity index (χ1) is 24.8. The minimum absolute atomic E-state index is 0.134. The molecule has 2 heterocycles. The fraction of sp³-hybridized carbons (Fsp3) is 0.184. The fourth-order valence-electron chi connectivity index (χ4n) is 8.13. The molecule has 5 aromatic carbocycles. The lowest BCUT2D eigenvalue weighted by molar-refractivity contribution is 0.626. The summed E-state index contributed by atoms with van der Waals surface area (Å²) in [6, 6.07) is 45.2. The number of hydrogen-bond acceptors (Lipinski definition) is 1. The van der Waals surface area contributed by atoms with Crippen molar-refractivity contribution in [2.75, 3.05) is 11.4 Å². The van der Waals surface area contributed by atoms with E-state index in [1.165, 1.54) is 72.6 Å². The lowest BCUT2D eigenvalue weighted by atomic mass is 9.74. The third kappa shape index (κ3) is 5.69. The van der Waals surface area contributed by atoms with Crippen LogP contribution < -0.4 is 4.90 Å². The van der Waals surface area contributed by atoms with Crippen LogP contribution in [0.1, 0.15) is 73.2 Å². The topological polar surface area (TPSA) is 8.17 Å². The number of anilines is 2. The average Bonchev–Trinajstić information content (AvgIpc) is 3.71. The van der Waals surface area contributed by atoms with Crippen LogP contribution in [-0.2, 0) is 17.3 Å². The van der Waals surface area contributed by atoms with Gasteiger partial charge in [0.05, 0.1) is 5.52 Å². The molecular formula is C49H46N2. The van der Waals surface area contributed by atoms with Gasteiger partial charge in [-0.1, -0.05) is 156 Å². The van der Waals surface area contributed by atoms with Gasteiger partial charge in [0.1, 0.15) is 0 Å². The summed E-state index contributed by atoms with van der Waals surface area (Å²) in [6.07, 6.45) is 14.9. The standard InChI is InChI=1S/C49H46N2/c1-6-7-8-15-35-34-50(45-19-12-9-16-42(35)45)40-30-26-38(27-31-40)48(2,3)36-22-24-37(25-23-36)49(4,5)39-28-32-41(33-29-39)51-46-20-13-10-17-43(46)44-18-11-14-21-47(44)51/h6-13,15-20,22-33H,1,14,21,34H2,2-5H3/b8-7-,35-15+. The maximum Gasteiger partial charge on any atom is 0.0537 e. The van der Waals surface area contributed by atoms with Crippen molar-refractivity contribution in [1.29, 1.82) is 0 Å². The molecule has 2 aliphatic rings. The second-order valence-electron chi connectivity index (χ2n) is 15.0. The minimum atomic E-state index is -0.139. The molecule has 1 aliphatic carbocycles. The predicted molar refractivity (Wildman–Crippen MR) is 219 cm³/mol. The van der Waals surface area contributed by atoms with Crippen molar-refractivity contribution in [2.24, 2.45) is 0 Å². The highest BCUT2D eigenvalue weighted by molar-refractivity contribution is 5.93. The maximum atomic E-state index is 3.81. The molecule has 0 bridgehead atoms. The van der Waals surface area contributed by atoms with Crippen LogP contribution in [0.2, 0.25) is 0 Å². The van der Waals surface area contributed by atoms with Crippen LogP contribution in [0.15, 0.2) is 158 Å². The minimum Gasteiger partial charge on any atom is -0.336 e. The van der Waals surface area contributed by atoms with Gasteiger partial charge < -0.3 is 9.47 Å². The largest absolute Gasteiger partial charge is 0.336 e. The molecule has 0 saturated carbocycles. The smallest absolute Gasteiger partial charge is 0.0537 e. The molecule has 0 atom stereocenters. The third-order valence-electron chi connectivity index (χ3n) is 11.3. The van der Waals surface area contributed by atoms with E-state index in [4.69, 9.17) is 0 Å². The van der Waals surface area contributed by atoms with Gasteiger partial charge in [-0.2, -0.15) is 0 Å². The molecule has 0 amide bonds. The number of aromatic nitrogens is 1. The van der Waals surface area contributed by atoms with Gasteiger partial charge in [0, 0.05) is 56.6 Å². The SMILES string of the molecule is C=C/C=C\C=C1/CN(c2ccc(C(C)(C)c3ccc(C(C)(C)c4ccc(-n5c6c(c7ccccc75)C=CCC6)cc4)cc3)cc2)c2ccccc21. The van der Waals surface area contributed by atoms with E-state index in [1.807, 2.05) is 12.2 Å². The quantitative estimate of drug-likeness (QED) is 0.147. The van der Waals surface area contributed by atoms with Crippen LogP contribution in [0.5, 0.6) is 0 Å². The highest BCUT2D eigenvalue weighted by atomic mass is 15.2. The molecule has 252 valence electrons. The molecule has 51 heavy (non-hydrogen) atoms. The molecule has 0 N–H and O–H groups in total. The van der Waals surface area contributed by atoms with Gasteiger partial charge >= 0.3 is 0 Å². The number of allylic oxidation sites excluding steroid dienone is 5. The van der Waals surface area contributed by atoms with Crippen molar-refractivity contribution >= 4 is 33.9 Å². The van der Waals surface area contributed by atoms with Gasteiger partial charge in [0.15, 0.2) is 0 Å². The van der Waals surface area contributed by atoms with Crippen molar-refractivity contribution in [3.05, 3.63) is 197 Å². The van der Waals surface area contributed by atoms with Crippen molar-refractivity contribution in [2.45, 2.75) is 51.4 Å². The Morgan fingerprint density at radius 1 is 0.627 bits per heavy atom. The molecule has 2 nitrogen and oxygen atoms in total. The zero-order valence-electron chi connectivity index (χ0n) is 30.2. The second-order valence-corrected chi connectivity index (χ2v) is 15.0. The number of hydrogen-bond donors (Lipinski definition) is 0. The van der Waals surface area contributed by atoms with Crippen LogP contribution in [-0.4, -0.2) is 11.1 Å². The van der Waals surface area contributed by atoms with Crippen LogP contribution in [0.4, 0.5) is 11.4 Å². The van der Waals surface area contributed by atoms with Gasteiger partial charge in [-0.05, 0) is 77.1 Å². The normalized spacial score (nSPS) is 15.1. The summed E-state index contributed by atoms with van der Waals surface area (Å²) in [4.78, 5) is 2.41. The van der Waals surface area contributed by atoms with E-state index in [0.29, 0.717) is 0 Å². The van der Waals surface area contributed by atoms with Crippen LogP contribution in [0, 0.1) is 0 Å². The van der Waals surface area contributed by atoms with Crippen LogP contribution >= 0.6 is 0 Å². The van der Waals surface area contributed by atoms with Crippen molar-refractivity contribution < 1.29 is 0 Å².